The first kappa shape index (κ1) is 26.5. The number of rotatable bonds is 6. The highest BCUT2D eigenvalue weighted by atomic mass is 19.1. The smallest absolute Gasteiger partial charge is 0.136 e. The van der Waals surface area contributed by atoms with Crippen molar-refractivity contribution in [3.05, 3.63) is 0 Å². The van der Waals surface area contributed by atoms with E-state index in [0.717, 1.165) is 32.1 Å². The van der Waals surface area contributed by atoms with Crippen molar-refractivity contribution in [1.29, 1.82) is 0 Å². The molecule has 0 amide bonds. The van der Waals surface area contributed by atoms with Crippen molar-refractivity contribution < 1.29 is 24.5 Å². The van der Waals surface area contributed by atoms with E-state index >= 15 is 0 Å². The molecule has 0 spiro atoms. The van der Waals surface area contributed by atoms with E-state index in [2.05, 4.69) is 41.5 Å². The first-order valence-electron chi connectivity index (χ1n) is 14.1. The van der Waals surface area contributed by atoms with E-state index in [1.807, 2.05) is 0 Å². The Morgan fingerprint density at radius 1 is 1.03 bits per heavy atom. The van der Waals surface area contributed by atoms with Crippen molar-refractivity contribution in [2.24, 2.45) is 58.2 Å². The summed E-state index contributed by atoms with van der Waals surface area (Å²) in [7, 11) is 0. The number of fused-ring (bicyclic) bond motifs is 5. The fourth-order valence-corrected chi connectivity index (χ4v) is 9.85. The summed E-state index contributed by atoms with van der Waals surface area (Å²) in [6.07, 6.45) is 2.39. The van der Waals surface area contributed by atoms with Crippen LogP contribution in [0.15, 0.2) is 0 Å². The number of aliphatic hydroxyl groups is 3. The number of hydrogen-bond acceptors (Lipinski definition) is 4. The van der Waals surface area contributed by atoms with Gasteiger partial charge in [0.1, 0.15) is 12.0 Å². The van der Waals surface area contributed by atoms with Crippen LogP contribution in [-0.2, 0) is 4.79 Å². The molecule has 0 radical (unpaired) electrons. The van der Waals surface area contributed by atoms with Gasteiger partial charge in [-0.15, -0.1) is 0 Å². The molecular formula is C29H49FO4. The van der Waals surface area contributed by atoms with Gasteiger partial charge < -0.3 is 15.3 Å². The van der Waals surface area contributed by atoms with Crippen molar-refractivity contribution in [3.63, 3.8) is 0 Å². The van der Waals surface area contributed by atoms with Crippen molar-refractivity contribution in [1.82, 2.24) is 0 Å². The van der Waals surface area contributed by atoms with Crippen LogP contribution in [0.2, 0.25) is 0 Å². The lowest BCUT2D eigenvalue weighted by Crippen LogP contribution is -2.59. The van der Waals surface area contributed by atoms with Crippen LogP contribution in [0.3, 0.4) is 0 Å². The minimum atomic E-state index is -1.23. The van der Waals surface area contributed by atoms with Gasteiger partial charge in [0.2, 0.25) is 0 Å². The maximum Gasteiger partial charge on any atom is 0.136 e. The Bertz CT molecular complexity index is 756. The quantitative estimate of drug-likeness (QED) is 0.490. The molecule has 4 rings (SSSR count). The Balaban J connectivity index is 1.55. The maximum atomic E-state index is 14.7. The molecule has 3 N–H and O–H groups in total. The van der Waals surface area contributed by atoms with Crippen LogP contribution in [-0.4, -0.2) is 45.6 Å². The normalized spacial score (nSPS) is 48.0. The van der Waals surface area contributed by atoms with Gasteiger partial charge in [-0.05, 0) is 90.8 Å². The second-order valence-electron chi connectivity index (χ2n) is 13.5. The van der Waals surface area contributed by atoms with Gasteiger partial charge >= 0.3 is 0 Å². The third-order valence-electron chi connectivity index (χ3n) is 11.8. The van der Waals surface area contributed by atoms with E-state index in [1.165, 1.54) is 0 Å². The standard InChI is InChI=1S/C29H49FO4/c1-7-17(15(2)3)27(34)26(33)16(4)19-8-9-20-18-12-24(31)22-13-25(32)23(30)14-29(22,6)21(18)10-11-28(19,20)5/h15-23,25-27,32-34H,7-14H2,1-6H3/t16-,17-,18-,19+,20-,21-,22+,23-,25-,26-,27-,28+,29+/m0/s1. The molecule has 0 heterocycles. The van der Waals surface area contributed by atoms with Crippen LogP contribution >= 0.6 is 0 Å². The fraction of sp³-hybridized carbons (Fsp3) is 0.966. The first-order valence-corrected chi connectivity index (χ1v) is 14.1. The number of hydrogen-bond donors (Lipinski definition) is 3. The number of halogens is 1. The van der Waals surface area contributed by atoms with Crippen molar-refractivity contribution >= 4 is 5.78 Å². The zero-order valence-corrected chi connectivity index (χ0v) is 22.2. The highest BCUT2D eigenvalue weighted by Gasteiger charge is 2.64. The largest absolute Gasteiger partial charge is 0.390 e. The first-order chi connectivity index (χ1) is 15.9. The molecule has 0 aromatic heterocycles. The molecule has 5 heteroatoms. The zero-order valence-electron chi connectivity index (χ0n) is 22.2. The third-order valence-corrected chi connectivity index (χ3v) is 11.8. The Labute approximate surface area is 206 Å². The minimum absolute atomic E-state index is 0.00275. The topological polar surface area (TPSA) is 77.8 Å². The van der Waals surface area contributed by atoms with Crippen LogP contribution in [0, 0.1) is 58.2 Å². The number of aliphatic hydroxyl groups excluding tert-OH is 3. The summed E-state index contributed by atoms with van der Waals surface area (Å²) in [6.45, 7) is 12.9. The Hall–Kier alpha value is -0.520. The average molecular weight is 481 g/mol. The summed E-state index contributed by atoms with van der Waals surface area (Å²) >= 11 is 0. The molecule has 0 bridgehead atoms. The van der Waals surface area contributed by atoms with Gasteiger partial charge in [0, 0.05) is 12.3 Å². The van der Waals surface area contributed by atoms with Gasteiger partial charge in [0.05, 0.1) is 18.3 Å². The zero-order chi connectivity index (χ0) is 25.2. The molecule has 0 aromatic rings. The number of alkyl halides is 1. The van der Waals surface area contributed by atoms with Crippen LogP contribution in [0.25, 0.3) is 0 Å². The average Bonchev–Trinajstić information content (AvgIpc) is 3.12. The van der Waals surface area contributed by atoms with Crippen molar-refractivity contribution in [2.45, 2.75) is 117 Å². The van der Waals surface area contributed by atoms with Gasteiger partial charge in [-0.25, -0.2) is 4.39 Å². The number of carbonyl (C=O) groups excluding carboxylic acids is 1. The Kier molecular flexibility index (Phi) is 7.35. The summed E-state index contributed by atoms with van der Waals surface area (Å²) in [6, 6.07) is 0. The second-order valence-corrected chi connectivity index (χ2v) is 13.5. The molecule has 13 atom stereocenters. The molecule has 34 heavy (non-hydrogen) atoms. The van der Waals surface area contributed by atoms with Gasteiger partial charge in [0.25, 0.3) is 0 Å². The predicted molar refractivity (Wildman–Crippen MR) is 132 cm³/mol. The van der Waals surface area contributed by atoms with E-state index < -0.39 is 24.5 Å². The van der Waals surface area contributed by atoms with Crippen LogP contribution in [0.4, 0.5) is 4.39 Å². The summed E-state index contributed by atoms with van der Waals surface area (Å²) in [4.78, 5) is 13.3. The SMILES string of the molecule is CC[C@@H](C(C)C)[C@H](O)[C@@H](O)[C@@H](C)[C@H]1CC[C@H]2[C@@H]3CC(=O)[C@H]4C[C@H](O)[C@@H](F)C[C@]4(C)[C@H]3CC[C@]12C. The lowest BCUT2D eigenvalue weighted by atomic mass is 9.44. The highest BCUT2D eigenvalue weighted by Crippen LogP contribution is 2.68. The lowest BCUT2D eigenvalue weighted by Gasteiger charge is -2.60. The summed E-state index contributed by atoms with van der Waals surface area (Å²) in [5, 5.41) is 32.4. The fourth-order valence-electron chi connectivity index (χ4n) is 9.85. The molecule has 4 nitrogen and oxygen atoms in total. The van der Waals surface area contributed by atoms with Crippen LogP contribution < -0.4 is 0 Å². The van der Waals surface area contributed by atoms with E-state index in [0.29, 0.717) is 36.5 Å². The molecule has 4 aliphatic carbocycles. The van der Waals surface area contributed by atoms with Gasteiger partial charge in [-0.1, -0.05) is 48.0 Å². The summed E-state index contributed by atoms with van der Waals surface area (Å²) in [5.74, 6) is 1.74. The molecule has 4 fully saturated rings. The van der Waals surface area contributed by atoms with E-state index in [4.69, 9.17) is 0 Å². The molecule has 4 saturated carbocycles. The van der Waals surface area contributed by atoms with Crippen molar-refractivity contribution in [3.8, 4) is 0 Å². The predicted octanol–water partition coefficient (Wildman–Crippen LogP) is 5.17. The van der Waals surface area contributed by atoms with Gasteiger partial charge in [0.15, 0.2) is 0 Å². The second kappa shape index (κ2) is 9.41. The third kappa shape index (κ3) is 4.00. The highest BCUT2D eigenvalue weighted by molar-refractivity contribution is 5.83. The van der Waals surface area contributed by atoms with E-state index in [1.54, 1.807) is 0 Å². The van der Waals surface area contributed by atoms with Crippen LogP contribution in [0.5, 0.6) is 0 Å². The molecule has 4 aliphatic rings. The monoisotopic (exact) mass is 480 g/mol. The van der Waals surface area contributed by atoms with Gasteiger partial charge in [-0.3, -0.25) is 4.79 Å². The van der Waals surface area contributed by atoms with Crippen LogP contribution in [0.1, 0.15) is 92.9 Å². The molecule has 196 valence electrons. The molecule has 0 saturated heterocycles. The number of carbonyl (C=O) groups is 1. The van der Waals surface area contributed by atoms with Crippen molar-refractivity contribution in [2.75, 3.05) is 0 Å². The molecular weight excluding hydrogens is 431 g/mol. The Morgan fingerprint density at radius 2 is 1.68 bits per heavy atom. The lowest BCUT2D eigenvalue weighted by molar-refractivity contribution is -0.169. The van der Waals surface area contributed by atoms with E-state index in [-0.39, 0.29) is 46.7 Å². The molecule has 0 aliphatic heterocycles. The van der Waals surface area contributed by atoms with E-state index in [9.17, 15) is 24.5 Å². The molecule has 0 unspecified atom stereocenters. The molecule has 0 aromatic carbocycles. The maximum absolute atomic E-state index is 14.7. The summed E-state index contributed by atoms with van der Waals surface area (Å²) in [5.41, 5.74) is -0.321. The number of ketones is 1. The number of Topliss-reactive ketones (excluding diaryl/α,β-unsaturated/α-hetero) is 1. The minimum Gasteiger partial charge on any atom is -0.390 e. The van der Waals surface area contributed by atoms with Gasteiger partial charge in [-0.2, -0.15) is 0 Å². The Morgan fingerprint density at radius 3 is 2.29 bits per heavy atom. The summed E-state index contributed by atoms with van der Waals surface area (Å²) < 4.78 is 14.7.